The van der Waals surface area contributed by atoms with Crippen LogP contribution in [0.25, 0.3) is 28.2 Å². The average molecular weight is 388 g/mol. The van der Waals surface area contributed by atoms with Crippen molar-refractivity contribution in [2.45, 2.75) is 6.92 Å². The van der Waals surface area contributed by atoms with Crippen LogP contribution in [0.1, 0.15) is 5.69 Å². The van der Waals surface area contributed by atoms with Crippen molar-refractivity contribution >= 4 is 5.65 Å². The predicted octanol–water partition coefficient (Wildman–Crippen LogP) is -1.31. The van der Waals surface area contributed by atoms with Gasteiger partial charge in [-0.2, -0.15) is 0 Å². The van der Waals surface area contributed by atoms with Crippen LogP contribution in [0.4, 0.5) is 0 Å². The van der Waals surface area contributed by atoms with Crippen molar-refractivity contribution in [3.8, 4) is 22.5 Å². The zero-order valence-corrected chi connectivity index (χ0v) is 14.9. The first kappa shape index (κ1) is 18.9. The molecule has 0 spiro atoms. The van der Waals surface area contributed by atoms with Crippen LogP contribution in [0.3, 0.4) is 0 Å². The molecule has 4 aromatic rings. The quantitative estimate of drug-likeness (QED) is 0.390. The molecular weight excluding hydrogens is 374 g/mol. The van der Waals surface area contributed by atoms with Crippen molar-refractivity contribution in [2.75, 3.05) is 0 Å². The third-order valence-corrected chi connectivity index (χ3v) is 3.63. The summed E-state index contributed by atoms with van der Waals surface area (Å²) in [7, 11) is -4.94. The lowest BCUT2D eigenvalue weighted by molar-refractivity contribution is -2.00. The Morgan fingerprint density at radius 1 is 0.852 bits per heavy atom. The molecule has 0 aliphatic rings. The van der Waals surface area contributed by atoms with Crippen LogP contribution in [0.2, 0.25) is 0 Å². The largest absolute Gasteiger partial charge is 0.349 e. The minimum atomic E-state index is -4.94. The Balaban J connectivity index is 0.000000376. The number of aromatic nitrogens is 3. The molecule has 0 saturated carbocycles. The van der Waals surface area contributed by atoms with E-state index in [0.29, 0.717) is 0 Å². The molecule has 0 fully saturated rings. The number of aryl methyl sites for hydroxylation is 1. The first-order chi connectivity index (χ1) is 12.8. The highest BCUT2D eigenvalue weighted by atomic mass is 35.7. The number of hydrogen-bond donors (Lipinski definition) is 0. The normalized spacial score (nSPS) is 11.1. The van der Waals surface area contributed by atoms with Gasteiger partial charge in [0, 0.05) is 17.2 Å². The van der Waals surface area contributed by atoms with Crippen LogP contribution in [0.5, 0.6) is 0 Å². The summed E-state index contributed by atoms with van der Waals surface area (Å²) in [5.41, 5.74) is 5.42. The summed E-state index contributed by atoms with van der Waals surface area (Å²) in [4.78, 5) is 4.75. The molecule has 138 valence electrons. The lowest BCUT2D eigenvalue weighted by atomic mass is 10.1. The van der Waals surface area contributed by atoms with Gasteiger partial charge in [0.05, 0.1) is 5.16 Å². The minimum Gasteiger partial charge on any atom is -0.222 e. The van der Waals surface area contributed by atoms with E-state index in [4.69, 9.17) is 28.2 Å². The Kier molecular flexibility index (Phi) is 5.45. The van der Waals surface area contributed by atoms with Gasteiger partial charge in [-0.1, -0.05) is 65.6 Å². The topological polar surface area (TPSA) is 135 Å². The molecule has 0 radical (unpaired) electrons. The zero-order valence-electron chi connectivity index (χ0n) is 14.1. The average Bonchev–Trinajstić information content (AvgIpc) is 3.06. The molecule has 2 heterocycles. The first-order valence-corrected chi connectivity index (χ1v) is 8.98. The molecule has 4 rings (SSSR count). The number of halogens is 1. The van der Waals surface area contributed by atoms with Gasteiger partial charge in [0.15, 0.2) is 0 Å². The highest BCUT2D eigenvalue weighted by Crippen LogP contribution is 2.22. The molecule has 2 aromatic carbocycles. The van der Waals surface area contributed by atoms with Gasteiger partial charge in [0.25, 0.3) is 5.69 Å². The maximum atomic E-state index is 8.49. The maximum absolute atomic E-state index is 8.49. The van der Waals surface area contributed by atoms with Gasteiger partial charge in [-0.3, -0.25) is 0 Å². The van der Waals surface area contributed by atoms with Crippen LogP contribution >= 0.6 is 0 Å². The monoisotopic (exact) mass is 387 g/mol. The molecule has 8 nitrogen and oxygen atoms in total. The Morgan fingerprint density at radius 2 is 1.37 bits per heavy atom. The summed E-state index contributed by atoms with van der Waals surface area (Å²) < 4.78 is 41.1. The van der Waals surface area contributed by atoms with E-state index in [1.165, 1.54) is 0 Å². The summed E-state index contributed by atoms with van der Waals surface area (Å²) >= 11 is 0. The van der Waals surface area contributed by atoms with Gasteiger partial charge < -0.3 is 0 Å². The summed E-state index contributed by atoms with van der Waals surface area (Å²) in [5.74, 6) is 0. The molecule has 9 heteroatoms. The summed E-state index contributed by atoms with van der Waals surface area (Å²) in [5, 5.41) is 4.19. The van der Waals surface area contributed by atoms with Crippen molar-refractivity contribution in [1.29, 1.82) is 0 Å². The van der Waals surface area contributed by atoms with Gasteiger partial charge in [-0.25, -0.2) is 18.6 Å². The van der Waals surface area contributed by atoms with Gasteiger partial charge in [-0.15, -0.1) is 14.9 Å². The molecule has 0 amide bonds. The second kappa shape index (κ2) is 7.78. The number of benzene rings is 2. The molecular formula is C18H14ClN3O5. The Hall–Kier alpha value is -2.88. The SMILES string of the molecule is Cc1cc(-c2ccccc2)nc2c(-c3ccccc3)no[n+]12.[O-][Cl+3]([O-])([O-])[O-]. The maximum Gasteiger partial charge on any atom is 0.349 e. The van der Waals surface area contributed by atoms with Crippen LogP contribution in [-0.2, 0) is 0 Å². The second-order valence-electron chi connectivity index (χ2n) is 5.53. The zero-order chi connectivity index (χ0) is 19.4. The number of rotatable bonds is 2. The molecule has 0 saturated heterocycles. The van der Waals surface area contributed by atoms with Gasteiger partial charge in [0.2, 0.25) is 0 Å². The van der Waals surface area contributed by atoms with Crippen molar-refractivity contribution in [2.24, 2.45) is 0 Å². The Bertz CT molecular complexity index is 1030. The minimum absolute atomic E-state index is 0.727. The predicted molar refractivity (Wildman–Crippen MR) is 83.1 cm³/mol. The molecule has 0 unspecified atom stereocenters. The van der Waals surface area contributed by atoms with E-state index < -0.39 is 10.2 Å². The fraction of sp³-hybridized carbons (Fsp3) is 0.0556. The van der Waals surface area contributed by atoms with Crippen molar-refractivity contribution in [3.63, 3.8) is 0 Å². The summed E-state index contributed by atoms with van der Waals surface area (Å²) in [6, 6.07) is 22.1. The van der Waals surface area contributed by atoms with Gasteiger partial charge in [-0.05, 0) is 11.5 Å². The Labute approximate surface area is 156 Å². The fourth-order valence-corrected chi connectivity index (χ4v) is 2.52. The molecule has 0 atom stereocenters. The lowest BCUT2D eigenvalue weighted by Crippen LogP contribution is -2.68. The van der Waals surface area contributed by atoms with E-state index in [9.17, 15) is 0 Å². The standard InChI is InChI=1S/C18H14N3O.ClHO4/c1-13-12-16(14-8-4-2-5-9-14)19-18-17(20-22-21(13)18)15-10-6-3-7-11-15;2-1(3,4)5/h2-12H,1H3;(H,2,3,4,5)/q+1;/p-1. The highest BCUT2D eigenvalue weighted by molar-refractivity contribution is 5.72. The second-order valence-corrected chi connectivity index (χ2v) is 6.29. The lowest BCUT2D eigenvalue weighted by Gasteiger charge is -2.17. The summed E-state index contributed by atoms with van der Waals surface area (Å²) in [6.07, 6.45) is 0. The molecule has 0 aliphatic carbocycles. The number of nitrogens with zero attached hydrogens (tertiary/aromatic N) is 3. The summed E-state index contributed by atoms with van der Waals surface area (Å²) in [6.45, 7) is 1.99. The van der Waals surface area contributed by atoms with E-state index in [-0.39, 0.29) is 0 Å². The van der Waals surface area contributed by atoms with Crippen molar-refractivity contribution in [3.05, 3.63) is 72.4 Å². The van der Waals surface area contributed by atoms with Crippen LogP contribution in [0, 0.1) is 17.2 Å². The highest BCUT2D eigenvalue weighted by Gasteiger charge is 2.23. The van der Waals surface area contributed by atoms with Crippen molar-refractivity contribution in [1.82, 2.24) is 10.1 Å². The van der Waals surface area contributed by atoms with E-state index in [1.807, 2.05) is 73.7 Å². The van der Waals surface area contributed by atoms with E-state index in [2.05, 4.69) is 5.16 Å². The molecule has 0 N–H and O–H groups in total. The Morgan fingerprint density at radius 3 is 1.93 bits per heavy atom. The molecule has 27 heavy (non-hydrogen) atoms. The smallest absolute Gasteiger partial charge is 0.222 e. The van der Waals surface area contributed by atoms with Gasteiger partial charge in [0.1, 0.15) is 11.4 Å². The number of fused-ring (bicyclic) bond motifs is 1. The number of hydrogen-bond acceptors (Lipinski definition) is 7. The third-order valence-electron chi connectivity index (χ3n) is 3.63. The molecule has 0 aliphatic heterocycles. The van der Waals surface area contributed by atoms with Crippen molar-refractivity contribution < 1.29 is 38.1 Å². The van der Waals surface area contributed by atoms with E-state index in [0.717, 1.165) is 33.9 Å². The first-order valence-electron chi connectivity index (χ1n) is 7.75. The fourth-order valence-electron chi connectivity index (χ4n) is 2.52. The van der Waals surface area contributed by atoms with Crippen LogP contribution in [-0.4, -0.2) is 10.1 Å². The third kappa shape index (κ3) is 4.85. The van der Waals surface area contributed by atoms with Gasteiger partial charge >= 0.3 is 5.65 Å². The van der Waals surface area contributed by atoms with E-state index >= 15 is 0 Å². The van der Waals surface area contributed by atoms with E-state index in [1.54, 1.807) is 4.57 Å². The van der Waals surface area contributed by atoms with Crippen LogP contribution in [0.15, 0.2) is 71.4 Å². The molecule has 0 bridgehead atoms. The molecule has 2 aromatic heterocycles. The van der Waals surface area contributed by atoms with Crippen LogP contribution < -0.4 is 23.2 Å².